The molecule has 0 atom stereocenters. The molecular weight excluding hydrogens is 488 g/mol. The Morgan fingerprint density at radius 1 is 1.07 bits per heavy atom. The first-order valence-corrected chi connectivity index (χ1v) is 7.18. The second-order valence-electron chi connectivity index (χ2n) is 4.88. The van der Waals surface area contributed by atoms with Gasteiger partial charge in [-0.15, -0.1) is 37.1 Å². The van der Waals surface area contributed by atoms with Gasteiger partial charge in [0.2, 0.25) is 0 Å². The maximum Gasteiger partial charge on any atom is 0.573 e. The molecule has 2 rings (SSSR count). The number of hydrogen-bond donors (Lipinski definition) is 2. The lowest BCUT2D eigenvalue weighted by molar-refractivity contribution is -0.274. The lowest BCUT2D eigenvalue weighted by atomic mass is 10.2. The molecule has 2 aromatic carbocycles. The van der Waals surface area contributed by atoms with E-state index in [1.807, 2.05) is 0 Å². The van der Waals surface area contributed by atoms with Crippen LogP contribution in [0.3, 0.4) is 0 Å². The lowest BCUT2D eigenvalue weighted by Gasteiger charge is -2.11. The number of alkyl halides is 5. The molecule has 0 heterocycles. The zero-order valence-corrected chi connectivity index (χ0v) is 15.9. The quantitative estimate of drug-likeness (QED) is 0.259. The molecule has 0 unspecified atom stereocenters. The SMILES string of the molecule is I.NC(=NCc1ccccc1OC(F)F)Nc1ccc(OC(F)(F)F)cc1. The van der Waals surface area contributed by atoms with Crippen LogP contribution in [0.15, 0.2) is 53.5 Å². The third kappa shape index (κ3) is 8.28. The summed E-state index contributed by atoms with van der Waals surface area (Å²) in [7, 11) is 0. The summed E-state index contributed by atoms with van der Waals surface area (Å²) in [6.45, 7) is -3.00. The highest BCUT2D eigenvalue weighted by Crippen LogP contribution is 2.24. The Hall–Kier alpha value is -2.31. The first-order valence-electron chi connectivity index (χ1n) is 7.18. The molecule has 11 heteroatoms. The maximum atomic E-state index is 12.3. The molecule has 148 valence electrons. The third-order valence-electron chi connectivity index (χ3n) is 2.97. The van der Waals surface area contributed by atoms with Crippen LogP contribution in [0.5, 0.6) is 11.5 Å². The molecule has 0 radical (unpaired) electrons. The van der Waals surface area contributed by atoms with E-state index in [1.54, 1.807) is 12.1 Å². The van der Waals surface area contributed by atoms with Gasteiger partial charge < -0.3 is 20.5 Å². The molecule has 0 aliphatic rings. The Kier molecular flexibility index (Phi) is 8.53. The van der Waals surface area contributed by atoms with E-state index in [0.29, 0.717) is 11.3 Å². The predicted octanol–water partition coefficient (Wildman–Crippen LogP) is 4.73. The molecule has 27 heavy (non-hydrogen) atoms. The van der Waals surface area contributed by atoms with Crippen molar-refractivity contribution < 1.29 is 31.4 Å². The average Bonchev–Trinajstić information content (AvgIpc) is 2.54. The monoisotopic (exact) mass is 503 g/mol. The normalized spacial score (nSPS) is 11.7. The fourth-order valence-corrected chi connectivity index (χ4v) is 1.94. The molecule has 2 aromatic rings. The Balaban J connectivity index is 0.00000364. The zero-order chi connectivity index (χ0) is 19.2. The second-order valence-corrected chi connectivity index (χ2v) is 4.88. The van der Waals surface area contributed by atoms with Crippen LogP contribution in [-0.4, -0.2) is 18.9 Å². The van der Waals surface area contributed by atoms with E-state index in [2.05, 4.69) is 19.8 Å². The molecule has 0 aliphatic heterocycles. The predicted molar refractivity (Wildman–Crippen MR) is 101 cm³/mol. The number of para-hydroxylation sites is 1. The number of ether oxygens (including phenoxy) is 2. The number of rotatable bonds is 6. The van der Waals surface area contributed by atoms with Crippen LogP contribution in [0.4, 0.5) is 27.6 Å². The van der Waals surface area contributed by atoms with Gasteiger partial charge >= 0.3 is 13.0 Å². The van der Waals surface area contributed by atoms with Crippen molar-refractivity contribution >= 4 is 35.6 Å². The minimum absolute atomic E-state index is 0. The van der Waals surface area contributed by atoms with Gasteiger partial charge in [-0.25, -0.2) is 4.99 Å². The number of nitrogens with one attached hydrogen (secondary N) is 1. The molecule has 0 spiro atoms. The summed E-state index contributed by atoms with van der Waals surface area (Å²) in [5, 5.41) is 2.66. The Bertz CT molecular complexity index is 754. The summed E-state index contributed by atoms with van der Waals surface area (Å²) in [5.41, 5.74) is 6.45. The zero-order valence-electron chi connectivity index (χ0n) is 13.5. The van der Waals surface area contributed by atoms with Crippen LogP contribution in [0, 0.1) is 0 Å². The van der Waals surface area contributed by atoms with Crippen LogP contribution in [0.2, 0.25) is 0 Å². The van der Waals surface area contributed by atoms with Gasteiger partial charge in [0, 0.05) is 11.3 Å². The minimum atomic E-state index is -4.77. The lowest BCUT2D eigenvalue weighted by Crippen LogP contribution is -2.22. The van der Waals surface area contributed by atoms with E-state index < -0.39 is 13.0 Å². The summed E-state index contributed by atoms with van der Waals surface area (Å²) >= 11 is 0. The van der Waals surface area contributed by atoms with E-state index >= 15 is 0 Å². The summed E-state index contributed by atoms with van der Waals surface area (Å²) in [5.74, 6) is -0.453. The van der Waals surface area contributed by atoms with E-state index in [1.165, 1.54) is 24.3 Å². The van der Waals surface area contributed by atoms with Gasteiger partial charge in [-0.05, 0) is 30.3 Å². The second kappa shape index (κ2) is 10.1. The van der Waals surface area contributed by atoms with E-state index in [0.717, 1.165) is 12.1 Å². The topological polar surface area (TPSA) is 68.9 Å². The largest absolute Gasteiger partial charge is 0.573 e. The molecule has 3 N–H and O–H groups in total. The summed E-state index contributed by atoms with van der Waals surface area (Å²) < 4.78 is 69.1. The molecule has 0 aromatic heterocycles. The molecular formula is C16H15F5IN3O2. The Labute approximate surface area is 168 Å². The summed E-state index contributed by atoms with van der Waals surface area (Å²) in [4.78, 5) is 3.99. The van der Waals surface area contributed by atoms with E-state index in [-0.39, 0.29) is 48.0 Å². The highest BCUT2D eigenvalue weighted by molar-refractivity contribution is 14.0. The van der Waals surface area contributed by atoms with Crippen LogP contribution in [0.25, 0.3) is 0 Å². The smallest absolute Gasteiger partial charge is 0.434 e. The van der Waals surface area contributed by atoms with Gasteiger partial charge in [-0.1, -0.05) is 18.2 Å². The van der Waals surface area contributed by atoms with Crippen molar-refractivity contribution in [2.45, 2.75) is 19.5 Å². The fraction of sp³-hybridized carbons (Fsp3) is 0.188. The number of hydrogen-bond acceptors (Lipinski definition) is 3. The van der Waals surface area contributed by atoms with Crippen molar-refractivity contribution in [2.75, 3.05) is 5.32 Å². The van der Waals surface area contributed by atoms with E-state index in [4.69, 9.17) is 5.73 Å². The molecule has 0 bridgehead atoms. The molecule has 0 amide bonds. The standard InChI is InChI=1S/C16H14F5N3O2.HI/c17-14(18)25-13-4-2-1-3-10(13)9-23-15(22)24-11-5-7-12(8-6-11)26-16(19,20)21;/h1-8,14H,9H2,(H3,22,23,24);1H. The summed E-state index contributed by atoms with van der Waals surface area (Å²) in [6, 6.07) is 10.9. The van der Waals surface area contributed by atoms with Crippen molar-refractivity contribution in [3.8, 4) is 11.5 Å². The molecule has 0 saturated carbocycles. The van der Waals surface area contributed by atoms with Gasteiger partial charge in [0.15, 0.2) is 5.96 Å². The number of nitrogens with two attached hydrogens (primary N) is 1. The number of aliphatic imine (C=N–C) groups is 1. The first-order chi connectivity index (χ1) is 12.2. The molecule has 5 nitrogen and oxygen atoms in total. The number of guanidine groups is 1. The molecule has 0 fully saturated rings. The highest BCUT2D eigenvalue weighted by Gasteiger charge is 2.30. The molecule has 0 saturated heterocycles. The Morgan fingerprint density at radius 2 is 1.70 bits per heavy atom. The van der Waals surface area contributed by atoms with Gasteiger partial charge in [0.25, 0.3) is 0 Å². The van der Waals surface area contributed by atoms with Gasteiger partial charge in [-0.3, -0.25) is 0 Å². The van der Waals surface area contributed by atoms with Crippen LogP contribution >= 0.6 is 24.0 Å². The number of anilines is 1. The number of benzene rings is 2. The van der Waals surface area contributed by atoms with Gasteiger partial charge in [-0.2, -0.15) is 8.78 Å². The fourth-order valence-electron chi connectivity index (χ4n) is 1.94. The van der Waals surface area contributed by atoms with Crippen molar-refractivity contribution in [1.29, 1.82) is 0 Å². The maximum absolute atomic E-state index is 12.3. The highest BCUT2D eigenvalue weighted by atomic mass is 127. The van der Waals surface area contributed by atoms with Gasteiger partial charge in [0.05, 0.1) is 6.54 Å². The minimum Gasteiger partial charge on any atom is -0.434 e. The van der Waals surface area contributed by atoms with Crippen molar-refractivity contribution in [3.63, 3.8) is 0 Å². The molecule has 0 aliphatic carbocycles. The Morgan fingerprint density at radius 3 is 2.30 bits per heavy atom. The summed E-state index contributed by atoms with van der Waals surface area (Å²) in [6.07, 6.45) is -4.77. The number of nitrogens with zero attached hydrogens (tertiary/aromatic N) is 1. The van der Waals surface area contributed by atoms with Crippen molar-refractivity contribution in [3.05, 3.63) is 54.1 Å². The number of halogens is 6. The van der Waals surface area contributed by atoms with Crippen LogP contribution in [0.1, 0.15) is 5.56 Å². The van der Waals surface area contributed by atoms with Gasteiger partial charge in [0.1, 0.15) is 11.5 Å². The van der Waals surface area contributed by atoms with Crippen molar-refractivity contribution in [2.24, 2.45) is 10.7 Å². The third-order valence-corrected chi connectivity index (χ3v) is 2.97. The average molecular weight is 503 g/mol. The van der Waals surface area contributed by atoms with E-state index in [9.17, 15) is 22.0 Å². The van der Waals surface area contributed by atoms with Crippen LogP contribution in [-0.2, 0) is 6.54 Å². The van der Waals surface area contributed by atoms with Crippen LogP contribution < -0.4 is 20.5 Å². The van der Waals surface area contributed by atoms with Crippen molar-refractivity contribution in [1.82, 2.24) is 0 Å². The first kappa shape index (κ1) is 22.7.